The summed E-state index contributed by atoms with van der Waals surface area (Å²) in [5.74, 6) is 0.572. The lowest BCUT2D eigenvalue weighted by Crippen LogP contribution is -2.42. The molecule has 0 radical (unpaired) electrons. The molecule has 0 saturated carbocycles. The minimum atomic E-state index is -3.50. The predicted octanol–water partition coefficient (Wildman–Crippen LogP) is 3.34. The van der Waals surface area contributed by atoms with E-state index in [1.807, 2.05) is 43.3 Å². The van der Waals surface area contributed by atoms with Crippen LogP contribution in [0, 0.1) is 0 Å². The number of anilines is 1. The van der Waals surface area contributed by atoms with Crippen molar-refractivity contribution in [2.45, 2.75) is 31.7 Å². The Morgan fingerprint density at radius 3 is 2.41 bits per heavy atom. The monoisotopic (exact) mass is 435 g/mol. The highest BCUT2D eigenvalue weighted by Crippen LogP contribution is 2.40. The number of hydrogen-bond acceptors (Lipinski definition) is 5. The van der Waals surface area contributed by atoms with Crippen molar-refractivity contribution < 1.29 is 8.42 Å². The average molecular weight is 436 g/mol. The fourth-order valence-electron chi connectivity index (χ4n) is 4.06. The van der Waals surface area contributed by atoms with E-state index in [1.165, 1.54) is 0 Å². The standard InChI is InChI=1S/C20H26ClN5O2S/c1-24(2)20-22-14-17(15-7-9-16(21)10-8-15)19(23-20)18-6-5-13-26(18)29(27,28)25-11-3-4-12-25/h7-10,14,18H,3-6,11-13H2,1-2H3/t18-/m0/s1. The number of halogens is 1. The quantitative estimate of drug-likeness (QED) is 0.720. The van der Waals surface area contributed by atoms with E-state index in [0.717, 1.165) is 42.5 Å². The Kier molecular flexibility index (Phi) is 5.79. The third-order valence-electron chi connectivity index (χ3n) is 5.57. The van der Waals surface area contributed by atoms with Crippen LogP contribution in [0.4, 0.5) is 5.95 Å². The molecule has 4 rings (SSSR count). The first-order valence-corrected chi connectivity index (χ1v) is 11.7. The van der Waals surface area contributed by atoms with Gasteiger partial charge in [-0.2, -0.15) is 17.0 Å². The van der Waals surface area contributed by atoms with Gasteiger partial charge in [0.1, 0.15) is 0 Å². The minimum Gasteiger partial charge on any atom is -0.347 e. The Morgan fingerprint density at radius 2 is 1.76 bits per heavy atom. The van der Waals surface area contributed by atoms with Gasteiger partial charge in [0.05, 0.1) is 11.7 Å². The second-order valence-corrected chi connectivity index (χ2v) is 10.1. The van der Waals surface area contributed by atoms with Crippen LogP contribution in [-0.2, 0) is 10.2 Å². The first-order chi connectivity index (χ1) is 13.9. The van der Waals surface area contributed by atoms with Crippen molar-refractivity contribution >= 4 is 27.8 Å². The molecule has 1 aromatic carbocycles. The maximum absolute atomic E-state index is 13.3. The smallest absolute Gasteiger partial charge is 0.282 e. The molecule has 2 aromatic rings. The fraction of sp³-hybridized carbons (Fsp3) is 0.500. The topological polar surface area (TPSA) is 69.6 Å². The maximum Gasteiger partial charge on any atom is 0.282 e. The number of nitrogens with zero attached hydrogens (tertiary/aromatic N) is 5. The molecule has 2 aliphatic rings. The van der Waals surface area contributed by atoms with Gasteiger partial charge >= 0.3 is 0 Å². The number of benzene rings is 1. The molecule has 0 unspecified atom stereocenters. The molecule has 156 valence electrons. The Morgan fingerprint density at radius 1 is 1.07 bits per heavy atom. The van der Waals surface area contributed by atoms with Crippen LogP contribution in [0.1, 0.15) is 37.4 Å². The van der Waals surface area contributed by atoms with E-state index < -0.39 is 10.2 Å². The molecule has 0 N–H and O–H groups in total. The summed E-state index contributed by atoms with van der Waals surface area (Å²) in [7, 11) is 0.264. The van der Waals surface area contributed by atoms with E-state index >= 15 is 0 Å². The summed E-state index contributed by atoms with van der Waals surface area (Å²) < 4.78 is 29.9. The molecule has 0 spiro atoms. The van der Waals surface area contributed by atoms with Crippen LogP contribution in [0.3, 0.4) is 0 Å². The van der Waals surface area contributed by atoms with Crippen molar-refractivity contribution in [3.63, 3.8) is 0 Å². The molecular weight excluding hydrogens is 410 g/mol. The van der Waals surface area contributed by atoms with Crippen molar-refractivity contribution in [1.82, 2.24) is 18.6 Å². The van der Waals surface area contributed by atoms with E-state index in [1.54, 1.807) is 14.8 Å². The zero-order chi connectivity index (χ0) is 20.6. The second kappa shape index (κ2) is 8.18. The van der Waals surface area contributed by atoms with Crippen LogP contribution in [0.2, 0.25) is 5.02 Å². The van der Waals surface area contributed by atoms with Crippen LogP contribution in [0.15, 0.2) is 30.5 Å². The lowest BCUT2D eigenvalue weighted by Gasteiger charge is -2.29. The van der Waals surface area contributed by atoms with Gasteiger partial charge in [-0.05, 0) is 43.4 Å². The molecule has 2 saturated heterocycles. The van der Waals surface area contributed by atoms with E-state index in [4.69, 9.17) is 16.6 Å². The van der Waals surface area contributed by atoms with E-state index in [0.29, 0.717) is 30.6 Å². The van der Waals surface area contributed by atoms with Gasteiger partial charge in [0.15, 0.2) is 0 Å². The van der Waals surface area contributed by atoms with E-state index in [2.05, 4.69) is 4.98 Å². The maximum atomic E-state index is 13.3. The number of rotatable bonds is 5. The van der Waals surface area contributed by atoms with Gasteiger partial charge < -0.3 is 4.90 Å². The molecule has 29 heavy (non-hydrogen) atoms. The van der Waals surface area contributed by atoms with Crippen molar-refractivity contribution in [3.05, 3.63) is 41.2 Å². The largest absolute Gasteiger partial charge is 0.347 e. The zero-order valence-electron chi connectivity index (χ0n) is 16.8. The van der Waals surface area contributed by atoms with Gasteiger partial charge in [0.25, 0.3) is 10.2 Å². The van der Waals surface area contributed by atoms with Gasteiger partial charge in [0, 0.05) is 50.5 Å². The van der Waals surface area contributed by atoms with Crippen LogP contribution in [0.25, 0.3) is 11.1 Å². The van der Waals surface area contributed by atoms with Gasteiger partial charge in [-0.3, -0.25) is 0 Å². The summed E-state index contributed by atoms with van der Waals surface area (Å²) in [5.41, 5.74) is 2.53. The van der Waals surface area contributed by atoms with Crippen molar-refractivity contribution in [1.29, 1.82) is 0 Å². The Labute approximate surface area is 177 Å². The SMILES string of the molecule is CN(C)c1ncc(-c2ccc(Cl)cc2)c([C@@H]2CCCN2S(=O)(=O)N2CCCC2)n1. The first-order valence-electron chi connectivity index (χ1n) is 9.95. The molecule has 0 bridgehead atoms. The summed E-state index contributed by atoms with van der Waals surface area (Å²) in [6.45, 7) is 1.72. The highest BCUT2D eigenvalue weighted by molar-refractivity contribution is 7.86. The summed E-state index contributed by atoms with van der Waals surface area (Å²) in [6.07, 6.45) is 5.20. The van der Waals surface area contributed by atoms with E-state index in [-0.39, 0.29) is 6.04 Å². The molecule has 7 nitrogen and oxygen atoms in total. The number of hydrogen-bond donors (Lipinski definition) is 0. The van der Waals surface area contributed by atoms with E-state index in [9.17, 15) is 8.42 Å². The Hall–Kier alpha value is -1.74. The Bertz CT molecular complexity index is 975. The van der Waals surface area contributed by atoms with Crippen LogP contribution >= 0.6 is 11.6 Å². The summed E-state index contributed by atoms with van der Waals surface area (Å²) in [6, 6.07) is 7.21. The third kappa shape index (κ3) is 3.99. The summed E-state index contributed by atoms with van der Waals surface area (Å²) in [5, 5.41) is 0.653. The van der Waals surface area contributed by atoms with Gasteiger partial charge in [0.2, 0.25) is 5.95 Å². The second-order valence-electron chi connectivity index (χ2n) is 7.75. The van der Waals surface area contributed by atoms with Gasteiger partial charge in [-0.15, -0.1) is 0 Å². The molecule has 1 atom stereocenters. The predicted molar refractivity (Wildman–Crippen MR) is 115 cm³/mol. The molecule has 1 aromatic heterocycles. The highest BCUT2D eigenvalue weighted by atomic mass is 35.5. The molecule has 2 aliphatic heterocycles. The van der Waals surface area contributed by atoms with Crippen LogP contribution in [-0.4, -0.2) is 60.7 Å². The molecular formula is C20H26ClN5O2S. The van der Waals surface area contributed by atoms with Crippen LogP contribution < -0.4 is 4.90 Å². The summed E-state index contributed by atoms with van der Waals surface area (Å²) in [4.78, 5) is 11.1. The highest BCUT2D eigenvalue weighted by Gasteiger charge is 2.41. The number of aromatic nitrogens is 2. The molecule has 0 aliphatic carbocycles. The van der Waals surface area contributed by atoms with Crippen molar-refractivity contribution in [2.75, 3.05) is 38.6 Å². The minimum absolute atomic E-state index is 0.298. The van der Waals surface area contributed by atoms with Gasteiger partial charge in [-0.1, -0.05) is 23.7 Å². The third-order valence-corrected chi connectivity index (χ3v) is 7.87. The lowest BCUT2D eigenvalue weighted by molar-refractivity contribution is 0.345. The molecule has 9 heteroatoms. The summed E-state index contributed by atoms with van der Waals surface area (Å²) >= 11 is 6.06. The molecule has 2 fully saturated rings. The molecule has 0 amide bonds. The van der Waals surface area contributed by atoms with Gasteiger partial charge in [-0.25, -0.2) is 9.97 Å². The first kappa shape index (κ1) is 20.5. The van der Waals surface area contributed by atoms with Crippen molar-refractivity contribution in [2.24, 2.45) is 0 Å². The average Bonchev–Trinajstić information content (AvgIpc) is 3.41. The Balaban J connectivity index is 1.79. The van der Waals surface area contributed by atoms with Crippen molar-refractivity contribution in [3.8, 4) is 11.1 Å². The fourth-order valence-corrected chi connectivity index (χ4v) is 6.09. The normalized spacial score (nSPS) is 21.0. The lowest BCUT2D eigenvalue weighted by atomic mass is 10.0. The molecule has 3 heterocycles. The van der Waals surface area contributed by atoms with Crippen LogP contribution in [0.5, 0.6) is 0 Å². The zero-order valence-corrected chi connectivity index (χ0v) is 18.3.